The van der Waals surface area contributed by atoms with Gasteiger partial charge in [-0.2, -0.15) is 0 Å². The average Bonchev–Trinajstić information content (AvgIpc) is 3.11. The zero-order valence-electron chi connectivity index (χ0n) is 16.3. The maximum absolute atomic E-state index is 12.5. The summed E-state index contributed by atoms with van der Waals surface area (Å²) in [4.78, 5) is 30.2. The molecule has 3 aromatic rings. The van der Waals surface area contributed by atoms with Crippen LogP contribution < -0.4 is 15.5 Å². The zero-order valence-corrected chi connectivity index (χ0v) is 17.1. The first-order chi connectivity index (χ1) is 13.5. The van der Waals surface area contributed by atoms with Crippen molar-refractivity contribution in [1.29, 1.82) is 0 Å². The van der Waals surface area contributed by atoms with Gasteiger partial charge in [0.25, 0.3) is 11.8 Å². The van der Waals surface area contributed by atoms with Crippen LogP contribution in [-0.2, 0) is 4.79 Å². The second-order valence-electron chi connectivity index (χ2n) is 6.75. The Labute approximate surface area is 168 Å². The molecule has 0 radical (unpaired) electrons. The van der Waals surface area contributed by atoms with Crippen molar-refractivity contribution in [2.45, 2.75) is 19.9 Å². The Balaban J connectivity index is 1.62. The van der Waals surface area contributed by atoms with Gasteiger partial charge in [-0.3, -0.25) is 9.59 Å². The zero-order chi connectivity index (χ0) is 20.1. The first-order valence-electron chi connectivity index (χ1n) is 9.33. The Morgan fingerprint density at radius 2 is 1.96 bits per heavy atom. The number of amides is 2. The summed E-state index contributed by atoms with van der Waals surface area (Å²) in [6, 6.07) is 15.1. The Bertz CT molecular complexity index is 952. The van der Waals surface area contributed by atoms with Gasteiger partial charge in [-0.1, -0.05) is 18.2 Å². The molecule has 2 aromatic carbocycles. The number of benzene rings is 2. The molecule has 1 unspecified atom stereocenters. The molecule has 2 amide bonds. The lowest BCUT2D eigenvalue weighted by Crippen LogP contribution is -3.10. The standard InChI is InChI=1S/C21H24N4O2S/c1-4-22-20(27)15-8-7-9-16(12-15)23-19(26)13-25(3)14(2)21-24-17-10-5-6-11-18(17)28-21/h5-12,14H,4,13H2,1-3H3,(H,22,27)(H,23,26)/p+1/t14-/m1/s1. The molecule has 28 heavy (non-hydrogen) atoms. The molecule has 0 bridgehead atoms. The molecule has 0 saturated carbocycles. The fourth-order valence-corrected chi connectivity index (χ4v) is 4.01. The van der Waals surface area contributed by atoms with E-state index < -0.39 is 0 Å². The molecular formula is C21H25N4O2S+. The minimum absolute atomic E-state index is 0.0986. The lowest BCUT2D eigenvalue weighted by molar-refractivity contribution is -0.902. The first kappa shape index (κ1) is 20.0. The van der Waals surface area contributed by atoms with Gasteiger partial charge >= 0.3 is 0 Å². The van der Waals surface area contributed by atoms with Gasteiger partial charge in [0, 0.05) is 17.8 Å². The quantitative estimate of drug-likeness (QED) is 0.572. The van der Waals surface area contributed by atoms with Crippen LogP contribution >= 0.6 is 11.3 Å². The van der Waals surface area contributed by atoms with Crippen LogP contribution in [0, 0.1) is 0 Å². The van der Waals surface area contributed by atoms with Gasteiger partial charge in [-0.25, -0.2) is 4.98 Å². The van der Waals surface area contributed by atoms with Crippen molar-refractivity contribution < 1.29 is 14.5 Å². The van der Waals surface area contributed by atoms with Gasteiger partial charge in [0.15, 0.2) is 11.6 Å². The van der Waals surface area contributed by atoms with Crippen LogP contribution in [-0.4, -0.2) is 36.9 Å². The summed E-state index contributed by atoms with van der Waals surface area (Å²) in [5.41, 5.74) is 2.14. The van der Waals surface area contributed by atoms with Crippen molar-refractivity contribution in [2.75, 3.05) is 25.5 Å². The summed E-state index contributed by atoms with van der Waals surface area (Å²) < 4.78 is 1.16. The molecule has 0 fully saturated rings. The van der Waals surface area contributed by atoms with E-state index in [4.69, 9.17) is 4.98 Å². The van der Waals surface area contributed by atoms with Crippen molar-refractivity contribution in [2.24, 2.45) is 0 Å². The fraction of sp³-hybridized carbons (Fsp3) is 0.286. The number of para-hydroxylation sites is 1. The number of nitrogens with one attached hydrogen (secondary N) is 3. The third-order valence-corrected chi connectivity index (χ3v) is 5.82. The van der Waals surface area contributed by atoms with Gasteiger partial charge < -0.3 is 15.5 Å². The Morgan fingerprint density at radius 1 is 1.18 bits per heavy atom. The summed E-state index contributed by atoms with van der Waals surface area (Å²) >= 11 is 1.67. The lowest BCUT2D eigenvalue weighted by Gasteiger charge is -2.19. The molecular weight excluding hydrogens is 372 g/mol. The molecule has 0 saturated heterocycles. The molecule has 0 aliphatic rings. The van der Waals surface area contributed by atoms with E-state index in [9.17, 15) is 9.59 Å². The van der Waals surface area contributed by atoms with Gasteiger partial charge in [0.05, 0.1) is 17.3 Å². The van der Waals surface area contributed by atoms with E-state index in [1.54, 1.807) is 35.6 Å². The van der Waals surface area contributed by atoms with Crippen LogP contribution in [0.5, 0.6) is 0 Å². The number of likely N-dealkylation sites (N-methyl/N-ethyl adjacent to an activating group) is 1. The average molecular weight is 398 g/mol. The highest BCUT2D eigenvalue weighted by molar-refractivity contribution is 7.18. The highest BCUT2D eigenvalue weighted by Gasteiger charge is 2.22. The molecule has 3 rings (SSSR count). The number of rotatable bonds is 7. The first-order valence-corrected chi connectivity index (χ1v) is 10.2. The third-order valence-electron chi connectivity index (χ3n) is 4.61. The number of nitrogens with zero attached hydrogens (tertiary/aromatic N) is 1. The summed E-state index contributed by atoms with van der Waals surface area (Å²) in [6.45, 7) is 4.82. The van der Waals surface area contributed by atoms with E-state index in [1.165, 1.54) is 0 Å². The van der Waals surface area contributed by atoms with Crippen molar-refractivity contribution in [3.63, 3.8) is 0 Å². The molecule has 2 atom stereocenters. The van der Waals surface area contributed by atoms with Gasteiger partial charge in [-0.05, 0) is 44.2 Å². The number of hydrogen-bond donors (Lipinski definition) is 3. The van der Waals surface area contributed by atoms with E-state index in [0.29, 0.717) is 24.3 Å². The van der Waals surface area contributed by atoms with Crippen LogP contribution in [0.3, 0.4) is 0 Å². The third kappa shape index (κ3) is 4.74. The molecule has 0 aliphatic carbocycles. The summed E-state index contributed by atoms with van der Waals surface area (Å²) in [6.07, 6.45) is 0. The summed E-state index contributed by atoms with van der Waals surface area (Å²) in [5.74, 6) is -0.246. The normalized spacial score (nSPS) is 13.1. The maximum Gasteiger partial charge on any atom is 0.279 e. The van der Waals surface area contributed by atoms with E-state index in [-0.39, 0.29) is 17.9 Å². The minimum atomic E-state index is -0.147. The SMILES string of the molecule is CCNC(=O)c1cccc(NC(=O)C[NH+](C)[C@H](C)c2nc3ccccc3s2)c1. The molecule has 146 valence electrons. The number of fused-ring (bicyclic) bond motifs is 1. The molecule has 0 aliphatic heterocycles. The molecule has 3 N–H and O–H groups in total. The predicted molar refractivity (Wildman–Crippen MR) is 113 cm³/mol. The Kier molecular flexibility index (Phi) is 6.38. The Hall–Kier alpha value is -2.77. The predicted octanol–water partition coefficient (Wildman–Crippen LogP) is 2.26. The monoisotopic (exact) mass is 397 g/mol. The smallest absolute Gasteiger partial charge is 0.279 e. The second-order valence-corrected chi connectivity index (χ2v) is 7.82. The molecule has 1 heterocycles. The van der Waals surface area contributed by atoms with Crippen LogP contribution in [0.2, 0.25) is 0 Å². The number of thiazole rings is 1. The van der Waals surface area contributed by atoms with Crippen molar-refractivity contribution >= 4 is 39.1 Å². The maximum atomic E-state index is 12.5. The van der Waals surface area contributed by atoms with E-state index >= 15 is 0 Å². The van der Waals surface area contributed by atoms with Crippen LogP contribution in [0.15, 0.2) is 48.5 Å². The molecule has 7 heteroatoms. The fourth-order valence-electron chi connectivity index (χ4n) is 2.90. The van der Waals surface area contributed by atoms with Crippen molar-refractivity contribution in [1.82, 2.24) is 10.3 Å². The molecule has 1 aromatic heterocycles. The van der Waals surface area contributed by atoms with Crippen molar-refractivity contribution in [3.05, 3.63) is 59.1 Å². The molecule has 0 spiro atoms. The molecule has 6 nitrogen and oxygen atoms in total. The number of quaternary nitrogens is 1. The summed E-state index contributed by atoms with van der Waals surface area (Å²) in [5, 5.41) is 6.66. The number of hydrogen-bond acceptors (Lipinski definition) is 4. The number of anilines is 1. The van der Waals surface area contributed by atoms with Crippen LogP contribution in [0.4, 0.5) is 5.69 Å². The second kappa shape index (κ2) is 8.95. The number of aromatic nitrogens is 1. The largest absolute Gasteiger partial charge is 0.352 e. The minimum Gasteiger partial charge on any atom is -0.352 e. The number of carbonyl (C=O) groups is 2. The lowest BCUT2D eigenvalue weighted by atomic mass is 10.2. The summed E-state index contributed by atoms with van der Waals surface area (Å²) in [7, 11) is 1.99. The highest BCUT2D eigenvalue weighted by Crippen LogP contribution is 2.24. The van der Waals surface area contributed by atoms with Crippen molar-refractivity contribution in [3.8, 4) is 0 Å². The van der Waals surface area contributed by atoms with Crippen LogP contribution in [0.25, 0.3) is 10.2 Å². The number of carbonyl (C=O) groups excluding carboxylic acids is 2. The topological polar surface area (TPSA) is 75.5 Å². The van der Waals surface area contributed by atoms with Crippen LogP contribution in [0.1, 0.15) is 35.3 Å². The Morgan fingerprint density at radius 3 is 2.71 bits per heavy atom. The van der Waals surface area contributed by atoms with Gasteiger partial charge in [0.2, 0.25) is 0 Å². The van der Waals surface area contributed by atoms with E-state index in [1.807, 2.05) is 32.2 Å². The van der Waals surface area contributed by atoms with E-state index in [0.717, 1.165) is 20.1 Å². The van der Waals surface area contributed by atoms with Gasteiger partial charge in [0.1, 0.15) is 6.04 Å². The highest BCUT2D eigenvalue weighted by atomic mass is 32.1. The van der Waals surface area contributed by atoms with Gasteiger partial charge in [-0.15, -0.1) is 11.3 Å². The van der Waals surface area contributed by atoms with E-state index in [2.05, 4.69) is 23.6 Å².